The Labute approximate surface area is 84.1 Å². The maximum absolute atomic E-state index is 12.9. The molecule has 0 aliphatic rings. The van der Waals surface area contributed by atoms with Crippen LogP contribution in [-0.2, 0) is 6.42 Å². The number of methoxy groups -OCH3 is 1. The fourth-order valence-corrected chi connectivity index (χ4v) is 1.34. The zero-order valence-electron chi connectivity index (χ0n) is 8.64. The van der Waals surface area contributed by atoms with Gasteiger partial charge in [-0.15, -0.1) is 0 Å². The van der Waals surface area contributed by atoms with E-state index in [4.69, 9.17) is 4.74 Å². The van der Waals surface area contributed by atoms with Crippen LogP contribution >= 0.6 is 0 Å². The molecule has 3 heteroatoms. The average molecular weight is 197 g/mol. The Morgan fingerprint density at radius 3 is 2.86 bits per heavy atom. The summed E-state index contributed by atoms with van der Waals surface area (Å²) in [7, 11) is 1.60. The predicted molar refractivity (Wildman–Crippen MR) is 55.2 cm³/mol. The van der Waals surface area contributed by atoms with Gasteiger partial charge in [-0.05, 0) is 43.3 Å². The van der Waals surface area contributed by atoms with Crippen molar-refractivity contribution in [3.63, 3.8) is 0 Å². The van der Waals surface area contributed by atoms with Gasteiger partial charge < -0.3 is 10.1 Å². The van der Waals surface area contributed by atoms with Crippen LogP contribution in [0.25, 0.3) is 0 Å². The maximum Gasteiger partial charge on any atom is 0.123 e. The van der Waals surface area contributed by atoms with Gasteiger partial charge in [0.05, 0.1) is 7.11 Å². The zero-order valence-corrected chi connectivity index (χ0v) is 8.64. The van der Waals surface area contributed by atoms with E-state index >= 15 is 0 Å². The molecule has 1 N–H and O–H groups in total. The lowest BCUT2D eigenvalue weighted by Crippen LogP contribution is -2.16. The first-order valence-corrected chi connectivity index (χ1v) is 4.81. The summed E-state index contributed by atoms with van der Waals surface area (Å²) in [5.74, 6) is 0.543. The van der Waals surface area contributed by atoms with Crippen molar-refractivity contribution in [2.24, 2.45) is 0 Å². The van der Waals surface area contributed by atoms with Gasteiger partial charge in [0.25, 0.3) is 0 Å². The lowest BCUT2D eigenvalue weighted by Gasteiger charge is -2.08. The lowest BCUT2D eigenvalue weighted by atomic mass is 10.1. The topological polar surface area (TPSA) is 21.3 Å². The van der Waals surface area contributed by atoms with E-state index in [2.05, 4.69) is 5.32 Å². The van der Waals surface area contributed by atoms with Gasteiger partial charge >= 0.3 is 0 Å². The van der Waals surface area contributed by atoms with Crippen LogP contribution in [0.2, 0.25) is 0 Å². The van der Waals surface area contributed by atoms with Crippen molar-refractivity contribution in [1.82, 2.24) is 5.32 Å². The number of hydrogen-bond acceptors (Lipinski definition) is 2. The molecular formula is C11H16FNO. The number of nitrogens with one attached hydrogen (secondary N) is 1. The van der Waals surface area contributed by atoms with Crippen LogP contribution < -0.4 is 10.1 Å². The van der Waals surface area contributed by atoms with Gasteiger partial charge in [-0.3, -0.25) is 0 Å². The summed E-state index contributed by atoms with van der Waals surface area (Å²) < 4.78 is 18.1. The second-order valence-electron chi connectivity index (χ2n) is 3.06. The Morgan fingerprint density at radius 2 is 2.21 bits per heavy atom. The summed E-state index contributed by atoms with van der Waals surface area (Å²) in [6.07, 6.45) is 0.786. The number of ether oxygens (including phenoxy) is 1. The molecule has 0 spiro atoms. The Kier molecular flexibility index (Phi) is 4.40. The molecule has 0 bridgehead atoms. The Bertz CT molecular complexity index is 289. The van der Waals surface area contributed by atoms with Crippen molar-refractivity contribution < 1.29 is 9.13 Å². The highest BCUT2D eigenvalue weighted by Crippen LogP contribution is 2.19. The molecular weight excluding hydrogens is 181 g/mol. The molecule has 0 atom stereocenters. The van der Waals surface area contributed by atoms with Crippen molar-refractivity contribution in [1.29, 1.82) is 0 Å². The van der Waals surface area contributed by atoms with Gasteiger partial charge in [0.2, 0.25) is 0 Å². The molecule has 0 aliphatic heterocycles. The number of benzene rings is 1. The third-order valence-electron chi connectivity index (χ3n) is 2.06. The lowest BCUT2D eigenvalue weighted by molar-refractivity contribution is 0.408. The summed E-state index contributed by atoms with van der Waals surface area (Å²) in [6, 6.07) is 4.60. The smallest absolute Gasteiger partial charge is 0.123 e. The van der Waals surface area contributed by atoms with Gasteiger partial charge in [-0.2, -0.15) is 0 Å². The molecule has 0 amide bonds. The summed E-state index contributed by atoms with van der Waals surface area (Å²) >= 11 is 0. The van der Waals surface area contributed by atoms with Gasteiger partial charge in [0.1, 0.15) is 11.6 Å². The van der Waals surface area contributed by atoms with E-state index in [1.165, 1.54) is 12.1 Å². The minimum atomic E-state index is -0.211. The largest absolute Gasteiger partial charge is 0.496 e. The van der Waals surface area contributed by atoms with E-state index < -0.39 is 0 Å². The monoisotopic (exact) mass is 197 g/mol. The van der Waals surface area contributed by atoms with E-state index in [-0.39, 0.29) is 5.82 Å². The first kappa shape index (κ1) is 11.0. The Hall–Kier alpha value is -1.09. The van der Waals surface area contributed by atoms with Crippen molar-refractivity contribution >= 4 is 0 Å². The van der Waals surface area contributed by atoms with Crippen LogP contribution in [0.4, 0.5) is 4.39 Å². The first-order chi connectivity index (χ1) is 6.77. The molecule has 1 rings (SSSR count). The fourth-order valence-electron chi connectivity index (χ4n) is 1.34. The molecule has 1 aromatic rings. The van der Waals surface area contributed by atoms with Gasteiger partial charge in [0.15, 0.2) is 0 Å². The van der Waals surface area contributed by atoms with Gasteiger partial charge in [0, 0.05) is 0 Å². The Balaban J connectivity index is 2.67. The summed E-state index contributed by atoms with van der Waals surface area (Å²) in [5.41, 5.74) is 0.911. The first-order valence-electron chi connectivity index (χ1n) is 4.81. The van der Waals surface area contributed by atoms with Crippen LogP contribution in [0.3, 0.4) is 0 Å². The van der Waals surface area contributed by atoms with Crippen LogP contribution in [-0.4, -0.2) is 20.2 Å². The second kappa shape index (κ2) is 5.60. The molecule has 14 heavy (non-hydrogen) atoms. The molecule has 0 radical (unpaired) electrons. The highest BCUT2D eigenvalue weighted by Gasteiger charge is 2.03. The minimum absolute atomic E-state index is 0.211. The molecule has 0 aromatic heterocycles. The molecule has 0 aliphatic carbocycles. The molecule has 0 saturated carbocycles. The quantitative estimate of drug-likeness (QED) is 0.729. The van der Waals surface area contributed by atoms with Gasteiger partial charge in [-0.25, -0.2) is 4.39 Å². The molecule has 0 unspecified atom stereocenters. The maximum atomic E-state index is 12.9. The van der Waals surface area contributed by atoms with Crippen LogP contribution in [0.15, 0.2) is 18.2 Å². The number of rotatable bonds is 5. The highest BCUT2D eigenvalue weighted by molar-refractivity contribution is 5.34. The summed E-state index contributed by atoms with van der Waals surface area (Å²) in [6.45, 7) is 3.82. The Morgan fingerprint density at radius 1 is 1.43 bits per heavy atom. The minimum Gasteiger partial charge on any atom is -0.496 e. The van der Waals surface area contributed by atoms with E-state index in [1.54, 1.807) is 13.2 Å². The molecule has 1 aromatic carbocycles. The molecule has 0 saturated heterocycles. The van der Waals surface area contributed by atoms with Gasteiger partial charge in [-0.1, -0.05) is 6.92 Å². The van der Waals surface area contributed by atoms with Crippen LogP contribution in [0.1, 0.15) is 12.5 Å². The van der Waals surface area contributed by atoms with E-state index in [0.29, 0.717) is 0 Å². The zero-order chi connectivity index (χ0) is 10.4. The van der Waals surface area contributed by atoms with Crippen LogP contribution in [0.5, 0.6) is 5.75 Å². The van der Waals surface area contributed by atoms with Crippen molar-refractivity contribution in [2.75, 3.05) is 20.2 Å². The van der Waals surface area contributed by atoms with Crippen molar-refractivity contribution in [3.8, 4) is 5.75 Å². The number of likely N-dealkylation sites (N-methyl/N-ethyl adjacent to an activating group) is 1. The third kappa shape index (κ3) is 3.00. The van der Waals surface area contributed by atoms with Crippen LogP contribution in [0, 0.1) is 5.82 Å². The second-order valence-corrected chi connectivity index (χ2v) is 3.06. The normalized spacial score (nSPS) is 10.2. The third-order valence-corrected chi connectivity index (χ3v) is 2.06. The SMILES string of the molecule is CCNCCc1cc(F)ccc1OC. The fraction of sp³-hybridized carbons (Fsp3) is 0.455. The molecule has 2 nitrogen and oxygen atoms in total. The number of halogens is 1. The molecule has 0 heterocycles. The summed E-state index contributed by atoms with van der Waals surface area (Å²) in [4.78, 5) is 0. The van der Waals surface area contributed by atoms with E-state index in [9.17, 15) is 4.39 Å². The molecule has 0 fully saturated rings. The number of hydrogen-bond donors (Lipinski definition) is 1. The summed E-state index contributed by atoms with van der Waals surface area (Å²) in [5, 5.41) is 3.19. The van der Waals surface area contributed by atoms with Crippen molar-refractivity contribution in [2.45, 2.75) is 13.3 Å². The standard InChI is InChI=1S/C11H16FNO/c1-3-13-7-6-9-8-10(12)4-5-11(9)14-2/h4-5,8,13H,3,6-7H2,1-2H3. The predicted octanol–water partition coefficient (Wildman–Crippen LogP) is 1.99. The average Bonchev–Trinajstić information content (AvgIpc) is 2.19. The van der Waals surface area contributed by atoms with Crippen molar-refractivity contribution in [3.05, 3.63) is 29.6 Å². The highest BCUT2D eigenvalue weighted by atomic mass is 19.1. The van der Waals surface area contributed by atoms with E-state index in [0.717, 1.165) is 30.8 Å². The molecule has 78 valence electrons. The van der Waals surface area contributed by atoms with E-state index in [1.807, 2.05) is 6.92 Å².